The van der Waals surface area contributed by atoms with Crippen molar-refractivity contribution in [2.45, 2.75) is 33.1 Å². The predicted molar refractivity (Wildman–Crippen MR) is 93.8 cm³/mol. The van der Waals surface area contributed by atoms with Crippen LogP contribution in [0.15, 0.2) is 60.2 Å². The smallest absolute Gasteiger partial charge is 0.251 e. The van der Waals surface area contributed by atoms with Gasteiger partial charge in [0.25, 0.3) is 5.91 Å². The van der Waals surface area contributed by atoms with E-state index in [9.17, 15) is 4.79 Å². The van der Waals surface area contributed by atoms with Crippen LogP contribution in [0.25, 0.3) is 6.08 Å². The van der Waals surface area contributed by atoms with E-state index in [0.29, 0.717) is 5.57 Å². The van der Waals surface area contributed by atoms with Crippen molar-refractivity contribution in [1.82, 2.24) is 0 Å². The molecule has 2 aromatic carbocycles. The molecule has 2 aromatic rings. The number of rotatable bonds is 6. The molecular formula is C20H23NO. The maximum atomic E-state index is 12.2. The highest BCUT2D eigenvalue weighted by atomic mass is 16.1. The summed E-state index contributed by atoms with van der Waals surface area (Å²) in [6.07, 6.45) is 5.38. The second-order valence-electron chi connectivity index (χ2n) is 5.49. The van der Waals surface area contributed by atoms with Gasteiger partial charge in [0.2, 0.25) is 0 Å². The van der Waals surface area contributed by atoms with Crippen LogP contribution < -0.4 is 5.32 Å². The molecule has 2 nitrogen and oxygen atoms in total. The van der Waals surface area contributed by atoms with Gasteiger partial charge in [0.15, 0.2) is 0 Å². The Morgan fingerprint density at radius 3 is 2.36 bits per heavy atom. The first-order valence-corrected chi connectivity index (χ1v) is 7.82. The van der Waals surface area contributed by atoms with Crippen LogP contribution in [-0.4, -0.2) is 5.91 Å². The minimum atomic E-state index is -0.0647. The minimum Gasteiger partial charge on any atom is -0.322 e. The van der Waals surface area contributed by atoms with Crippen LogP contribution in [0.5, 0.6) is 0 Å². The number of unbranched alkanes of at least 4 members (excludes halogenated alkanes) is 1. The first kappa shape index (κ1) is 16.0. The van der Waals surface area contributed by atoms with E-state index < -0.39 is 0 Å². The standard InChI is InChI=1S/C20H23NO/c1-3-4-8-17-11-13-19(14-12-17)21-20(22)16(2)15-18-9-6-5-7-10-18/h5-7,9-15H,3-4,8H2,1-2H3,(H,21,22). The molecule has 2 heteroatoms. The average Bonchev–Trinajstić information content (AvgIpc) is 2.55. The van der Waals surface area contributed by atoms with Gasteiger partial charge in [-0.25, -0.2) is 0 Å². The molecule has 0 aliphatic carbocycles. The molecule has 0 bridgehead atoms. The Balaban J connectivity index is 1.98. The molecule has 0 fully saturated rings. The fourth-order valence-electron chi connectivity index (χ4n) is 2.23. The lowest BCUT2D eigenvalue weighted by Gasteiger charge is -2.07. The maximum Gasteiger partial charge on any atom is 0.251 e. The molecule has 0 unspecified atom stereocenters. The van der Waals surface area contributed by atoms with E-state index in [1.807, 2.05) is 55.5 Å². The third kappa shape index (κ3) is 4.88. The van der Waals surface area contributed by atoms with Crippen molar-refractivity contribution in [3.8, 4) is 0 Å². The second-order valence-corrected chi connectivity index (χ2v) is 5.49. The lowest BCUT2D eigenvalue weighted by atomic mass is 10.1. The summed E-state index contributed by atoms with van der Waals surface area (Å²) in [7, 11) is 0. The van der Waals surface area contributed by atoms with Gasteiger partial charge in [-0.05, 0) is 49.1 Å². The van der Waals surface area contributed by atoms with Crippen LogP contribution in [0.1, 0.15) is 37.8 Å². The van der Waals surface area contributed by atoms with E-state index in [2.05, 4.69) is 24.4 Å². The average molecular weight is 293 g/mol. The molecule has 0 aliphatic heterocycles. The van der Waals surface area contributed by atoms with Crippen molar-refractivity contribution < 1.29 is 4.79 Å². The normalized spacial score (nSPS) is 11.3. The van der Waals surface area contributed by atoms with Gasteiger partial charge in [0.1, 0.15) is 0 Å². The SMILES string of the molecule is CCCCc1ccc(NC(=O)C(C)=Cc2ccccc2)cc1. The van der Waals surface area contributed by atoms with Crippen LogP contribution >= 0.6 is 0 Å². The van der Waals surface area contributed by atoms with Gasteiger partial charge in [0, 0.05) is 11.3 Å². The van der Waals surface area contributed by atoms with Crippen LogP contribution in [0.3, 0.4) is 0 Å². The van der Waals surface area contributed by atoms with Gasteiger partial charge in [-0.2, -0.15) is 0 Å². The van der Waals surface area contributed by atoms with E-state index in [-0.39, 0.29) is 5.91 Å². The quantitative estimate of drug-likeness (QED) is 0.740. The lowest BCUT2D eigenvalue weighted by Crippen LogP contribution is -2.12. The number of amides is 1. The van der Waals surface area contributed by atoms with Crippen LogP contribution in [0.4, 0.5) is 5.69 Å². The molecule has 114 valence electrons. The van der Waals surface area contributed by atoms with Crippen molar-refractivity contribution in [3.63, 3.8) is 0 Å². The van der Waals surface area contributed by atoms with Gasteiger partial charge in [0.05, 0.1) is 0 Å². The molecule has 1 amide bonds. The zero-order valence-corrected chi connectivity index (χ0v) is 13.3. The zero-order chi connectivity index (χ0) is 15.8. The summed E-state index contributed by atoms with van der Waals surface area (Å²) in [5.74, 6) is -0.0647. The Kier molecular flexibility index (Phi) is 5.96. The molecule has 0 aliphatic rings. The molecule has 22 heavy (non-hydrogen) atoms. The van der Waals surface area contributed by atoms with E-state index >= 15 is 0 Å². The van der Waals surface area contributed by atoms with Crippen LogP contribution in [0.2, 0.25) is 0 Å². The number of hydrogen-bond donors (Lipinski definition) is 1. The Morgan fingerprint density at radius 2 is 1.73 bits per heavy atom. The molecule has 0 atom stereocenters. The van der Waals surface area contributed by atoms with Crippen molar-refractivity contribution in [1.29, 1.82) is 0 Å². The third-order valence-corrected chi connectivity index (χ3v) is 3.57. The fourth-order valence-corrected chi connectivity index (χ4v) is 2.23. The molecule has 0 saturated carbocycles. The van der Waals surface area contributed by atoms with Crippen LogP contribution in [0, 0.1) is 0 Å². The van der Waals surface area contributed by atoms with Gasteiger partial charge >= 0.3 is 0 Å². The number of carbonyl (C=O) groups is 1. The highest BCUT2D eigenvalue weighted by Crippen LogP contribution is 2.14. The maximum absolute atomic E-state index is 12.2. The molecule has 0 spiro atoms. The molecule has 2 rings (SSSR count). The first-order chi connectivity index (χ1) is 10.7. The van der Waals surface area contributed by atoms with Crippen molar-refractivity contribution >= 4 is 17.7 Å². The van der Waals surface area contributed by atoms with Gasteiger partial charge in [-0.1, -0.05) is 55.8 Å². The fraction of sp³-hybridized carbons (Fsp3) is 0.250. The number of aryl methyl sites for hydroxylation is 1. The number of carbonyl (C=O) groups excluding carboxylic acids is 1. The van der Waals surface area contributed by atoms with E-state index in [1.165, 1.54) is 18.4 Å². The zero-order valence-electron chi connectivity index (χ0n) is 13.3. The summed E-state index contributed by atoms with van der Waals surface area (Å²) in [5, 5.41) is 2.94. The summed E-state index contributed by atoms with van der Waals surface area (Å²) >= 11 is 0. The third-order valence-electron chi connectivity index (χ3n) is 3.57. The van der Waals surface area contributed by atoms with Gasteiger partial charge < -0.3 is 5.32 Å². The summed E-state index contributed by atoms with van der Waals surface area (Å²) in [6.45, 7) is 4.02. The van der Waals surface area contributed by atoms with Crippen LogP contribution in [-0.2, 0) is 11.2 Å². The molecule has 0 heterocycles. The summed E-state index contributed by atoms with van der Waals surface area (Å²) in [5.41, 5.74) is 3.88. The molecule has 0 saturated heterocycles. The Morgan fingerprint density at radius 1 is 1.05 bits per heavy atom. The molecular weight excluding hydrogens is 270 g/mol. The Bertz CT molecular complexity index is 627. The number of nitrogens with one attached hydrogen (secondary N) is 1. The van der Waals surface area contributed by atoms with Crippen molar-refractivity contribution in [2.75, 3.05) is 5.32 Å². The summed E-state index contributed by atoms with van der Waals surface area (Å²) < 4.78 is 0. The highest BCUT2D eigenvalue weighted by Gasteiger charge is 2.05. The largest absolute Gasteiger partial charge is 0.322 e. The molecule has 0 aromatic heterocycles. The highest BCUT2D eigenvalue weighted by molar-refractivity contribution is 6.06. The van der Waals surface area contributed by atoms with Gasteiger partial charge in [-0.3, -0.25) is 4.79 Å². The van der Waals surface area contributed by atoms with Gasteiger partial charge in [-0.15, -0.1) is 0 Å². The first-order valence-electron chi connectivity index (χ1n) is 7.82. The minimum absolute atomic E-state index is 0.0647. The topological polar surface area (TPSA) is 29.1 Å². The lowest BCUT2D eigenvalue weighted by molar-refractivity contribution is -0.112. The number of hydrogen-bond acceptors (Lipinski definition) is 1. The van der Waals surface area contributed by atoms with E-state index in [1.54, 1.807) is 0 Å². The summed E-state index contributed by atoms with van der Waals surface area (Å²) in [6, 6.07) is 18.0. The Hall–Kier alpha value is -2.35. The predicted octanol–water partition coefficient (Wildman–Crippen LogP) is 5.07. The van der Waals surface area contributed by atoms with Crippen molar-refractivity contribution in [2.24, 2.45) is 0 Å². The molecule has 0 radical (unpaired) electrons. The monoisotopic (exact) mass is 293 g/mol. The second kappa shape index (κ2) is 8.18. The Labute approximate surface area is 132 Å². The number of anilines is 1. The number of benzene rings is 2. The van der Waals surface area contributed by atoms with Crippen molar-refractivity contribution in [3.05, 3.63) is 71.3 Å². The van der Waals surface area contributed by atoms with E-state index in [0.717, 1.165) is 17.7 Å². The summed E-state index contributed by atoms with van der Waals surface area (Å²) in [4.78, 5) is 12.2. The molecule has 1 N–H and O–H groups in total. The van der Waals surface area contributed by atoms with E-state index in [4.69, 9.17) is 0 Å².